The molecule has 0 N–H and O–H groups in total. The molecule has 0 radical (unpaired) electrons. The third-order valence-electron chi connectivity index (χ3n) is 4.87. The van der Waals surface area contributed by atoms with Gasteiger partial charge >= 0.3 is 0 Å². The summed E-state index contributed by atoms with van der Waals surface area (Å²) < 4.78 is 11.3. The van der Waals surface area contributed by atoms with Crippen LogP contribution in [0.3, 0.4) is 0 Å². The van der Waals surface area contributed by atoms with Crippen molar-refractivity contribution in [1.29, 1.82) is 5.26 Å². The zero-order valence-corrected chi connectivity index (χ0v) is 18.5. The summed E-state index contributed by atoms with van der Waals surface area (Å²) in [5.41, 5.74) is 1.49. The third kappa shape index (κ3) is 6.10. The first-order valence-corrected chi connectivity index (χ1v) is 12.6. The lowest BCUT2D eigenvalue weighted by atomic mass is 10.0. The molecular weight excluding hydrogens is 395 g/mol. The molecule has 6 nitrogen and oxygen atoms in total. The molecule has 1 aromatic carbocycles. The van der Waals surface area contributed by atoms with Crippen LogP contribution in [0.1, 0.15) is 74.8 Å². The van der Waals surface area contributed by atoms with Gasteiger partial charge in [-0.25, -0.2) is 0 Å². The summed E-state index contributed by atoms with van der Waals surface area (Å²) in [4.78, 5) is 18.0. The molecular formula is C20H29N2O4PS. The highest BCUT2D eigenvalue weighted by Gasteiger charge is 2.37. The van der Waals surface area contributed by atoms with Gasteiger partial charge < -0.3 is 4.52 Å². The van der Waals surface area contributed by atoms with Crippen molar-refractivity contribution >= 4 is 24.2 Å². The number of hydrogen-bond donors (Lipinski definition) is 0. The number of carbonyl (C=O) groups is 1. The molecule has 1 aliphatic heterocycles. The molecule has 0 bridgehead atoms. The summed E-state index contributed by atoms with van der Waals surface area (Å²) in [6, 6.07) is 9.15. The number of hydroxylamine groups is 2. The van der Waals surface area contributed by atoms with E-state index in [1.807, 2.05) is 31.2 Å². The molecule has 1 amide bonds. The molecule has 3 atom stereocenters. The second-order valence-electron chi connectivity index (χ2n) is 7.16. The summed E-state index contributed by atoms with van der Waals surface area (Å²) >= 11 is 5.64. The van der Waals surface area contributed by atoms with E-state index < -0.39 is 6.49 Å². The van der Waals surface area contributed by atoms with E-state index in [-0.39, 0.29) is 25.0 Å². The van der Waals surface area contributed by atoms with Crippen molar-refractivity contribution in [2.75, 3.05) is 12.8 Å². The number of unbranched alkanes of at least 4 members (excludes halogenated alkanes) is 1. The van der Waals surface area contributed by atoms with E-state index in [4.69, 9.17) is 31.3 Å². The molecule has 0 spiro atoms. The van der Waals surface area contributed by atoms with Crippen LogP contribution in [0.15, 0.2) is 24.3 Å². The van der Waals surface area contributed by atoms with Gasteiger partial charge in [-0.1, -0.05) is 51.3 Å². The van der Waals surface area contributed by atoms with Crippen LogP contribution in [0.2, 0.25) is 0 Å². The van der Waals surface area contributed by atoms with Gasteiger partial charge in [0.05, 0.1) is 25.1 Å². The normalized spacial score (nSPS) is 19.1. The van der Waals surface area contributed by atoms with Crippen molar-refractivity contribution in [3.05, 3.63) is 35.4 Å². The number of hydrogen-bond acceptors (Lipinski definition) is 6. The third-order valence-corrected chi connectivity index (χ3v) is 7.59. The number of amides is 1. The summed E-state index contributed by atoms with van der Waals surface area (Å²) in [7, 11) is 0. The second-order valence-corrected chi connectivity index (χ2v) is 10.9. The van der Waals surface area contributed by atoms with Gasteiger partial charge in [0.25, 0.3) is 5.91 Å². The SMILES string of the molecule is CCCCC(C)CCP(=S)(OCCC#N)OON1C(=O)c2ccccc2C1C. The molecule has 0 saturated carbocycles. The minimum atomic E-state index is -2.77. The fourth-order valence-electron chi connectivity index (χ4n) is 3.09. The zero-order valence-electron chi connectivity index (χ0n) is 16.8. The molecule has 0 saturated heterocycles. The van der Waals surface area contributed by atoms with Gasteiger partial charge in [-0.05, 0) is 42.7 Å². The van der Waals surface area contributed by atoms with Crippen LogP contribution in [-0.4, -0.2) is 23.7 Å². The number of carbonyl (C=O) groups excluding carboxylic acids is 1. The Morgan fingerprint density at radius 3 is 2.79 bits per heavy atom. The molecule has 154 valence electrons. The Hall–Kier alpha value is -1.29. The van der Waals surface area contributed by atoms with Crippen molar-refractivity contribution in [1.82, 2.24) is 5.06 Å². The number of benzene rings is 1. The van der Waals surface area contributed by atoms with Gasteiger partial charge in [0.15, 0.2) is 0 Å². The number of nitriles is 1. The van der Waals surface area contributed by atoms with Crippen molar-refractivity contribution in [2.24, 2.45) is 5.92 Å². The highest BCUT2D eigenvalue weighted by Crippen LogP contribution is 2.51. The van der Waals surface area contributed by atoms with Gasteiger partial charge in [0.2, 0.25) is 6.49 Å². The van der Waals surface area contributed by atoms with E-state index in [1.54, 1.807) is 6.07 Å². The van der Waals surface area contributed by atoms with Crippen molar-refractivity contribution in [2.45, 2.75) is 58.9 Å². The quantitative estimate of drug-likeness (QED) is 0.190. The number of fused-ring (bicyclic) bond motifs is 1. The summed E-state index contributed by atoms with van der Waals surface area (Å²) in [5, 5.41) is 9.98. The van der Waals surface area contributed by atoms with Crippen LogP contribution in [-0.2, 0) is 26.0 Å². The first-order chi connectivity index (χ1) is 13.4. The average molecular weight is 425 g/mol. The van der Waals surface area contributed by atoms with Crippen LogP contribution in [0.5, 0.6) is 0 Å². The monoisotopic (exact) mass is 424 g/mol. The topological polar surface area (TPSA) is 71.8 Å². The lowest BCUT2D eigenvalue weighted by molar-refractivity contribution is -0.354. The van der Waals surface area contributed by atoms with Gasteiger partial charge in [-0.3, -0.25) is 4.79 Å². The lowest BCUT2D eigenvalue weighted by Gasteiger charge is -2.26. The van der Waals surface area contributed by atoms with E-state index in [1.165, 1.54) is 11.5 Å². The highest BCUT2D eigenvalue weighted by atomic mass is 32.5. The Bertz CT molecular complexity index is 752. The van der Waals surface area contributed by atoms with Crippen molar-refractivity contribution in [3.63, 3.8) is 0 Å². The van der Waals surface area contributed by atoms with Gasteiger partial charge in [-0.2, -0.15) is 15.0 Å². The van der Waals surface area contributed by atoms with Crippen molar-refractivity contribution < 1.29 is 19.0 Å². The summed E-state index contributed by atoms with van der Waals surface area (Å²) in [6.07, 6.45) is 5.10. The minimum Gasteiger partial charge on any atom is -0.326 e. The first kappa shape index (κ1) is 23.0. The van der Waals surface area contributed by atoms with Crippen LogP contribution >= 0.6 is 6.49 Å². The fraction of sp³-hybridized carbons (Fsp3) is 0.600. The Balaban J connectivity index is 1.99. The van der Waals surface area contributed by atoms with E-state index >= 15 is 0 Å². The average Bonchev–Trinajstić information content (AvgIpc) is 2.94. The molecule has 0 aliphatic carbocycles. The van der Waals surface area contributed by atoms with Gasteiger partial charge in [-0.15, -0.1) is 4.99 Å². The highest BCUT2D eigenvalue weighted by molar-refractivity contribution is 8.09. The standard InChI is InChI=1S/C20H29N2O4PS/c1-4-5-9-16(2)12-15-27(28,24-14-8-13-21)26-25-22-17(3)18-10-6-7-11-19(18)20(22)23/h6-7,10-11,16-17H,4-5,8-9,12,14-15H2,1-3H3. The maximum atomic E-state index is 12.6. The molecule has 0 fully saturated rings. The predicted molar refractivity (Wildman–Crippen MR) is 112 cm³/mol. The molecule has 3 unspecified atom stereocenters. The summed E-state index contributed by atoms with van der Waals surface area (Å²) in [6.45, 7) is 3.66. The maximum Gasteiger partial charge on any atom is 0.280 e. The molecule has 1 aliphatic rings. The van der Waals surface area contributed by atoms with Gasteiger partial charge in [0, 0.05) is 11.7 Å². The van der Waals surface area contributed by atoms with Crippen LogP contribution < -0.4 is 0 Å². The zero-order chi connectivity index (χ0) is 20.6. The molecule has 0 aromatic heterocycles. The Morgan fingerprint density at radius 1 is 1.36 bits per heavy atom. The number of rotatable bonds is 12. The first-order valence-electron chi connectivity index (χ1n) is 9.81. The van der Waals surface area contributed by atoms with Crippen LogP contribution in [0.4, 0.5) is 0 Å². The van der Waals surface area contributed by atoms with E-state index in [0.717, 1.165) is 24.8 Å². The number of nitrogens with zero attached hydrogens (tertiary/aromatic N) is 2. The second kappa shape index (κ2) is 11.0. The van der Waals surface area contributed by atoms with E-state index in [2.05, 4.69) is 13.8 Å². The fourth-order valence-corrected chi connectivity index (χ4v) is 5.26. The molecule has 1 heterocycles. The summed E-state index contributed by atoms with van der Waals surface area (Å²) in [5.74, 6) is 0.250. The van der Waals surface area contributed by atoms with E-state index in [9.17, 15) is 4.79 Å². The van der Waals surface area contributed by atoms with Crippen molar-refractivity contribution in [3.8, 4) is 6.07 Å². The largest absolute Gasteiger partial charge is 0.326 e. The molecule has 8 heteroatoms. The molecule has 2 rings (SSSR count). The van der Waals surface area contributed by atoms with Crippen LogP contribution in [0, 0.1) is 17.2 Å². The lowest BCUT2D eigenvalue weighted by Crippen LogP contribution is -2.27. The Morgan fingerprint density at radius 2 is 2.11 bits per heavy atom. The smallest absolute Gasteiger partial charge is 0.280 e. The molecule has 1 aromatic rings. The van der Waals surface area contributed by atoms with E-state index in [0.29, 0.717) is 17.6 Å². The van der Waals surface area contributed by atoms with Crippen LogP contribution in [0.25, 0.3) is 0 Å². The Kier molecular flexibility index (Phi) is 9.07. The van der Waals surface area contributed by atoms with Gasteiger partial charge in [0.1, 0.15) is 0 Å². The predicted octanol–water partition coefficient (Wildman–Crippen LogP) is 5.52. The molecule has 28 heavy (non-hydrogen) atoms. The minimum absolute atomic E-state index is 0.199. The maximum absolute atomic E-state index is 12.6. The Labute approximate surface area is 172 Å².